The van der Waals surface area contributed by atoms with E-state index in [0.717, 1.165) is 23.3 Å². The van der Waals surface area contributed by atoms with Crippen LogP contribution in [0.5, 0.6) is 0 Å². The van der Waals surface area contributed by atoms with Crippen LogP contribution in [-0.4, -0.2) is 42.2 Å². The second-order valence-corrected chi connectivity index (χ2v) is 6.07. The molecule has 3 rings (SSSR count). The molecule has 3 aromatic rings. The number of aliphatic hydroxyl groups is 1. The summed E-state index contributed by atoms with van der Waals surface area (Å²) in [5, 5.41) is 16.3. The highest BCUT2D eigenvalue weighted by atomic mass is 32.1. The van der Waals surface area contributed by atoms with Crippen LogP contribution in [0.4, 0.5) is 5.13 Å². The van der Waals surface area contributed by atoms with Gasteiger partial charge < -0.3 is 5.11 Å². The van der Waals surface area contributed by atoms with Crippen molar-refractivity contribution in [2.45, 2.75) is 26.2 Å². The minimum atomic E-state index is -0.420. The van der Waals surface area contributed by atoms with Gasteiger partial charge >= 0.3 is 0 Å². The van der Waals surface area contributed by atoms with E-state index >= 15 is 0 Å². The molecule has 0 radical (unpaired) electrons. The van der Waals surface area contributed by atoms with Crippen LogP contribution in [0.1, 0.15) is 34.4 Å². The molecule has 9 heteroatoms. The molecular weight excluding hydrogens is 316 g/mol. The number of aryl methyl sites for hydroxylation is 1. The molecule has 2 N–H and O–H groups in total. The molecule has 0 aromatic carbocycles. The van der Waals surface area contributed by atoms with Gasteiger partial charge in [0.2, 0.25) is 5.82 Å². The Morgan fingerprint density at radius 2 is 2.22 bits per heavy atom. The molecule has 1 amide bonds. The predicted octanol–water partition coefficient (Wildman–Crippen LogP) is 1.32. The number of anilines is 1. The summed E-state index contributed by atoms with van der Waals surface area (Å²) in [6.45, 7) is 2.12. The van der Waals surface area contributed by atoms with E-state index < -0.39 is 5.91 Å². The summed E-state index contributed by atoms with van der Waals surface area (Å²) in [7, 11) is 0. The fourth-order valence-electron chi connectivity index (χ4n) is 2.06. The number of nitrogens with zero attached hydrogens (tertiary/aromatic N) is 5. The standard InChI is InChI=1S/C14H16N6O2S/c1-2-3-10-7-16-14(23-10)18-12(22)11-17-13-15-6-9(4-5-21)8-20(13)19-11/h6-8,21H,2-5H2,1H3,(H,16,18,22). The molecule has 0 saturated heterocycles. The number of aromatic nitrogens is 5. The van der Waals surface area contributed by atoms with Crippen LogP contribution in [0.15, 0.2) is 18.6 Å². The monoisotopic (exact) mass is 332 g/mol. The van der Waals surface area contributed by atoms with Gasteiger partial charge in [-0.3, -0.25) is 10.1 Å². The number of thiazole rings is 1. The van der Waals surface area contributed by atoms with Crippen LogP contribution in [0.2, 0.25) is 0 Å². The highest BCUT2D eigenvalue weighted by molar-refractivity contribution is 7.15. The van der Waals surface area contributed by atoms with E-state index in [1.54, 1.807) is 18.6 Å². The van der Waals surface area contributed by atoms with E-state index in [0.29, 0.717) is 17.3 Å². The Balaban J connectivity index is 1.77. The summed E-state index contributed by atoms with van der Waals surface area (Å²) in [6.07, 6.45) is 7.53. The van der Waals surface area contributed by atoms with Crippen molar-refractivity contribution in [3.05, 3.63) is 34.9 Å². The van der Waals surface area contributed by atoms with Gasteiger partial charge in [0, 0.05) is 30.1 Å². The third-order valence-corrected chi connectivity index (χ3v) is 4.09. The highest BCUT2D eigenvalue weighted by Crippen LogP contribution is 2.19. The number of aliphatic hydroxyl groups excluding tert-OH is 1. The lowest BCUT2D eigenvalue weighted by Gasteiger charge is -1.96. The highest BCUT2D eigenvalue weighted by Gasteiger charge is 2.15. The van der Waals surface area contributed by atoms with Crippen molar-refractivity contribution < 1.29 is 9.90 Å². The lowest BCUT2D eigenvalue weighted by molar-refractivity contribution is 0.101. The molecule has 0 aliphatic heterocycles. The van der Waals surface area contributed by atoms with Crippen molar-refractivity contribution in [3.8, 4) is 0 Å². The van der Waals surface area contributed by atoms with Crippen molar-refractivity contribution in [2.24, 2.45) is 0 Å². The molecule has 0 saturated carbocycles. The maximum atomic E-state index is 12.2. The van der Waals surface area contributed by atoms with Gasteiger partial charge in [-0.25, -0.2) is 14.5 Å². The molecule has 0 aliphatic carbocycles. The number of hydrogen-bond donors (Lipinski definition) is 2. The van der Waals surface area contributed by atoms with E-state index in [2.05, 4.69) is 32.3 Å². The van der Waals surface area contributed by atoms with Gasteiger partial charge in [0.25, 0.3) is 11.7 Å². The van der Waals surface area contributed by atoms with Crippen LogP contribution >= 0.6 is 11.3 Å². The molecule has 0 unspecified atom stereocenters. The molecular formula is C14H16N6O2S. The Bertz CT molecular complexity index is 828. The molecule has 3 aromatic heterocycles. The number of rotatable bonds is 6. The van der Waals surface area contributed by atoms with Gasteiger partial charge in [-0.2, -0.15) is 4.98 Å². The van der Waals surface area contributed by atoms with Crippen molar-refractivity contribution in [1.29, 1.82) is 0 Å². The first kappa shape index (κ1) is 15.5. The minimum absolute atomic E-state index is 0.0272. The summed E-state index contributed by atoms with van der Waals surface area (Å²) in [5.41, 5.74) is 0.820. The number of carbonyl (C=O) groups excluding carboxylic acids is 1. The molecule has 8 nitrogen and oxygen atoms in total. The summed E-state index contributed by atoms with van der Waals surface area (Å²) < 4.78 is 1.43. The molecule has 120 valence electrons. The molecule has 0 bridgehead atoms. The maximum Gasteiger partial charge on any atom is 0.297 e. The SMILES string of the molecule is CCCc1cnc(NC(=O)c2nc3ncc(CCO)cn3n2)s1. The van der Waals surface area contributed by atoms with Gasteiger partial charge in [0.15, 0.2) is 5.13 Å². The van der Waals surface area contributed by atoms with Crippen molar-refractivity contribution in [3.63, 3.8) is 0 Å². The normalized spacial score (nSPS) is 11.0. The molecule has 0 fully saturated rings. The number of hydrogen-bond acceptors (Lipinski definition) is 7. The fraction of sp³-hybridized carbons (Fsp3) is 0.357. The van der Waals surface area contributed by atoms with E-state index in [-0.39, 0.29) is 12.4 Å². The molecule has 0 aliphatic rings. The van der Waals surface area contributed by atoms with E-state index in [1.807, 2.05) is 0 Å². The molecule has 23 heavy (non-hydrogen) atoms. The van der Waals surface area contributed by atoms with Gasteiger partial charge in [0.05, 0.1) is 0 Å². The number of nitrogens with one attached hydrogen (secondary N) is 1. The summed E-state index contributed by atoms with van der Waals surface area (Å²) in [4.78, 5) is 25.7. The van der Waals surface area contributed by atoms with E-state index in [1.165, 1.54) is 15.9 Å². The molecule has 0 atom stereocenters. The van der Waals surface area contributed by atoms with E-state index in [9.17, 15) is 4.79 Å². The number of fused-ring (bicyclic) bond motifs is 1. The number of carbonyl (C=O) groups is 1. The Morgan fingerprint density at radius 3 is 3.00 bits per heavy atom. The van der Waals surface area contributed by atoms with Crippen molar-refractivity contribution >= 4 is 28.2 Å². The zero-order valence-corrected chi connectivity index (χ0v) is 13.4. The first-order chi connectivity index (χ1) is 11.2. The van der Waals surface area contributed by atoms with Crippen LogP contribution in [-0.2, 0) is 12.8 Å². The lowest BCUT2D eigenvalue weighted by atomic mass is 10.3. The van der Waals surface area contributed by atoms with Crippen LogP contribution in [0.3, 0.4) is 0 Å². The Kier molecular flexibility index (Phi) is 4.58. The first-order valence-electron chi connectivity index (χ1n) is 7.28. The average Bonchev–Trinajstić information content (AvgIpc) is 3.14. The van der Waals surface area contributed by atoms with Crippen LogP contribution < -0.4 is 5.32 Å². The third kappa shape index (κ3) is 3.51. The Hall–Kier alpha value is -2.39. The minimum Gasteiger partial charge on any atom is -0.396 e. The Labute approximate surface area is 136 Å². The maximum absolute atomic E-state index is 12.2. The second-order valence-electron chi connectivity index (χ2n) is 4.95. The summed E-state index contributed by atoms with van der Waals surface area (Å²) >= 11 is 1.45. The average molecular weight is 332 g/mol. The van der Waals surface area contributed by atoms with E-state index in [4.69, 9.17) is 5.11 Å². The Morgan fingerprint density at radius 1 is 1.35 bits per heavy atom. The summed E-state index contributed by atoms with van der Waals surface area (Å²) in [5.74, 6) is -0.0508. The third-order valence-electron chi connectivity index (χ3n) is 3.12. The zero-order chi connectivity index (χ0) is 16.2. The fourth-order valence-corrected chi connectivity index (χ4v) is 2.96. The van der Waals surface area contributed by atoms with Crippen LogP contribution in [0.25, 0.3) is 5.78 Å². The lowest BCUT2D eigenvalue weighted by Crippen LogP contribution is -2.13. The predicted molar refractivity (Wildman–Crippen MR) is 85.6 cm³/mol. The van der Waals surface area contributed by atoms with Crippen molar-refractivity contribution in [1.82, 2.24) is 24.6 Å². The smallest absolute Gasteiger partial charge is 0.297 e. The van der Waals surface area contributed by atoms with Gasteiger partial charge in [-0.05, 0) is 18.4 Å². The summed E-state index contributed by atoms with van der Waals surface area (Å²) in [6, 6.07) is 0. The first-order valence-corrected chi connectivity index (χ1v) is 8.09. The zero-order valence-electron chi connectivity index (χ0n) is 12.6. The van der Waals surface area contributed by atoms with Gasteiger partial charge in [-0.15, -0.1) is 16.4 Å². The number of amides is 1. The van der Waals surface area contributed by atoms with Crippen LogP contribution in [0, 0.1) is 0 Å². The topological polar surface area (TPSA) is 105 Å². The van der Waals surface area contributed by atoms with Gasteiger partial charge in [-0.1, -0.05) is 13.3 Å². The second kappa shape index (κ2) is 6.80. The largest absolute Gasteiger partial charge is 0.396 e. The quantitative estimate of drug-likeness (QED) is 0.705. The molecule has 0 spiro atoms. The van der Waals surface area contributed by atoms with Gasteiger partial charge in [0.1, 0.15) is 0 Å². The van der Waals surface area contributed by atoms with Crippen molar-refractivity contribution in [2.75, 3.05) is 11.9 Å². The molecule has 3 heterocycles.